The van der Waals surface area contributed by atoms with Gasteiger partial charge in [-0.15, -0.1) is 0 Å². The first-order valence-electron chi connectivity index (χ1n) is 6.73. The molecule has 0 saturated heterocycles. The van der Waals surface area contributed by atoms with E-state index in [9.17, 15) is 9.59 Å². The molecule has 22 heavy (non-hydrogen) atoms. The van der Waals surface area contributed by atoms with E-state index in [1.165, 1.54) is 12.3 Å². The first-order valence-corrected chi connectivity index (χ1v) is 7.11. The van der Waals surface area contributed by atoms with Crippen molar-refractivity contribution in [1.29, 1.82) is 0 Å². The number of rotatable bonds is 5. The molecule has 1 amide bonds. The van der Waals surface area contributed by atoms with Crippen molar-refractivity contribution in [3.05, 3.63) is 58.5 Å². The van der Waals surface area contributed by atoms with Crippen molar-refractivity contribution in [2.75, 3.05) is 6.61 Å². The van der Waals surface area contributed by atoms with Gasteiger partial charge in [0.1, 0.15) is 11.3 Å². The predicted octanol–water partition coefficient (Wildman–Crippen LogP) is 3.28. The number of carbonyl (C=O) groups excluding carboxylic acids is 2. The van der Waals surface area contributed by atoms with Crippen LogP contribution in [0.3, 0.4) is 0 Å². The lowest BCUT2D eigenvalue weighted by Gasteiger charge is -2.14. The second-order valence-corrected chi connectivity index (χ2v) is 5.24. The highest BCUT2D eigenvalue weighted by Crippen LogP contribution is 2.16. The quantitative estimate of drug-likeness (QED) is 0.858. The number of halogens is 1. The van der Waals surface area contributed by atoms with Gasteiger partial charge in [-0.1, -0.05) is 23.7 Å². The zero-order valence-electron chi connectivity index (χ0n) is 12.3. The van der Waals surface area contributed by atoms with Gasteiger partial charge in [0, 0.05) is 5.02 Å². The molecule has 116 valence electrons. The largest absolute Gasteiger partial charge is 0.469 e. The summed E-state index contributed by atoms with van der Waals surface area (Å²) in [4.78, 5) is 23.6. The summed E-state index contributed by atoms with van der Waals surface area (Å²) in [5, 5.41) is 3.38. The van der Waals surface area contributed by atoms with Gasteiger partial charge in [-0.25, -0.2) is 4.79 Å². The number of ether oxygens (including phenoxy) is 1. The minimum Gasteiger partial charge on any atom is -0.469 e. The molecule has 5 nitrogen and oxygen atoms in total. The lowest BCUT2D eigenvalue weighted by atomic mass is 10.1. The van der Waals surface area contributed by atoms with Gasteiger partial charge in [-0.3, -0.25) is 4.79 Å². The van der Waals surface area contributed by atoms with Gasteiger partial charge in [0.25, 0.3) is 5.91 Å². The number of hydrogen-bond acceptors (Lipinski definition) is 4. The van der Waals surface area contributed by atoms with Crippen LogP contribution < -0.4 is 5.32 Å². The first kappa shape index (κ1) is 16.1. The molecule has 1 heterocycles. The molecule has 0 fully saturated rings. The molecule has 0 radical (unpaired) electrons. The Morgan fingerprint density at radius 2 is 1.95 bits per heavy atom. The van der Waals surface area contributed by atoms with Crippen molar-refractivity contribution in [2.24, 2.45) is 0 Å². The van der Waals surface area contributed by atoms with Crippen LogP contribution in [0.4, 0.5) is 0 Å². The van der Waals surface area contributed by atoms with E-state index in [-0.39, 0.29) is 18.6 Å². The molecule has 1 atom stereocenters. The number of amides is 1. The van der Waals surface area contributed by atoms with E-state index in [0.29, 0.717) is 16.3 Å². The molecule has 0 spiro atoms. The Kier molecular flexibility index (Phi) is 5.22. The van der Waals surface area contributed by atoms with Gasteiger partial charge < -0.3 is 14.5 Å². The molecule has 0 aliphatic carbocycles. The maximum atomic E-state index is 11.8. The fourth-order valence-corrected chi connectivity index (χ4v) is 2.05. The molecule has 1 N–H and O–H groups in total. The van der Waals surface area contributed by atoms with Crippen LogP contribution in [-0.4, -0.2) is 18.5 Å². The Hall–Kier alpha value is -2.27. The van der Waals surface area contributed by atoms with Crippen molar-refractivity contribution in [2.45, 2.75) is 19.9 Å². The summed E-state index contributed by atoms with van der Waals surface area (Å²) in [6.45, 7) is 3.14. The third-order valence-electron chi connectivity index (χ3n) is 3.16. The van der Waals surface area contributed by atoms with E-state index in [4.69, 9.17) is 20.8 Å². The molecular formula is C16H16ClNO4. The third-order valence-corrected chi connectivity index (χ3v) is 3.41. The van der Waals surface area contributed by atoms with Crippen molar-refractivity contribution < 1.29 is 18.7 Å². The lowest BCUT2D eigenvalue weighted by Crippen LogP contribution is -2.31. The van der Waals surface area contributed by atoms with E-state index >= 15 is 0 Å². The fourth-order valence-electron chi connectivity index (χ4n) is 1.92. The number of carbonyl (C=O) groups is 2. The van der Waals surface area contributed by atoms with E-state index in [1.54, 1.807) is 19.1 Å². The molecule has 0 aliphatic rings. The monoisotopic (exact) mass is 321 g/mol. The Morgan fingerprint density at radius 1 is 1.27 bits per heavy atom. The minimum atomic E-state index is -0.583. The smallest absolute Gasteiger partial charge is 0.342 e. The number of esters is 1. The molecule has 0 unspecified atom stereocenters. The zero-order valence-corrected chi connectivity index (χ0v) is 13.0. The van der Waals surface area contributed by atoms with E-state index in [0.717, 1.165) is 5.56 Å². The van der Waals surface area contributed by atoms with Gasteiger partial charge in [0.2, 0.25) is 0 Å². The van der Waals surface area contributed by atoms with Crippen LogP contribution in [0.25, 0.3) is 0 Å². The van der Waals surface area contributed by atoms with Crippen molar-refractivity contribution in [3.63, 3.8) is 0 Å². The molecule has 0 aliphatic heterocycles. The normalized spacial score (nSPS) is 11.8. The molecule has 1 aromatic carbocycles. The highest BCUT2D eigenvalue weighted by Gasteiger charge is 2.16. The highest BCUT2D eigenvalue weighted by atomic mass is 35.5. The lowest BCUT2D eigenvalue weighted by molar-refractivity contribution is -0.124. The summed E-state index contributed by atoms with van der Waals surface area (Å²) in [7, 11) is 0. The predicted molar refractivity (Wildman–Crippen MR) is 81.7 cm³/mol. The Labute approximate surface area is 133 Å². The zero-order chi connectivity index (χ0) is 16.1. The maximum Gasteiger partial charge on any atom is 0.342 e. The summed E-state index contributed by atoms with van der Waals surface area (Å²) in [5.74, 6) is -0.502. The highest BCUT2D eigenvalue weighted by molar-refractivity contribution is 6.30. The summed E-state index contributed by atoms with van der Waals surface area (Å²) in [6.07, 6.45) is 1.40. The summed E-state index contributed by atoms with van der Waals surface area (Å²) < 4.78 is 9.97. The standard InChI is InChI=1S/C16H16ClNO4/c1-10(12-3-5-13(17)6-4-12)18-15(19)9-22-16(20)14-7-8-21-11(14)2/h3-8,10H,9H2,1-2H3,(H,18,19)/t10-/m1/s1. The van der Waals surface area contributed by atoms with Gasteiger partial charge in [0.05, 0.1) is 12.3 Å². The molecule has 0 bridgehead atoms. The number of furan rings is 1. The Bertz CT molecular complexity index is 663. The van der Waals surface area contributed by atoms with E-state index < -0.39 is 5.97 Å². The molecular weight excluding hydrogens is 306 g/mol. The van der Waals surface area contributed by atoms with Crippen molar-refractivity contribution in [1.82, 2.24) is 5.32 Å². The second-order valence-electron chi connectivity index (χ2n) is 4.81. The van der Waals surface area contributed by atoms with E-state index in [2.05, 4.69) is 5.32 Å². The molecule has 0 saturated carbocycles. The number of hydrogen-bond donors (Lipinski definition) is 1. The van der Waals surface area contributed by atoms with Gasteiger partial charge >= 0.3 is 5.97 Å². The van der Waals surface area contributed by atoms with Crippen LogP contribution in [-0.2, 0) is 9.53 Å². The fraction of sp³-hybridized carbons (Fsp3) is 0.250. The van der Waals surface area contributed by atoms with Gasteiger partial charge in [-0.2, -0.15) is 0 Å². The van der Waals surface area contributed by atoms with Crippen LogP contribution >= 0.6 is 11.6 Å². The van der Waals surface area contributed by atoms with E-state index in [1.807, 2.05) is 19.1 Å². The van der Waals surface area contributed by atoms with Crippen LogP contribution in [0.1, 0.15) is 34.6 Å². The van der Waals surface area contributed by atoms with Crippen LogP contribution in [0.15, 0.2) is 41.0 Å². The molecule has 1 aromatic heterocycles. The molecule has 6 heteroatoms. The first-order chi connectivity index (χ1) is 10.5. The summed E-state index contributed by atoms with van der Waals surface area (Å²) in [6, 6.07) is 8.45. The average Bonchev–Trinajstić information content (AvgIpc) is 2.91. The van der Waals surface area contributed by atoms with Gasteiger partial charge in [0.15, 0.2) is 6.61 Å². The SMILES string of the molecule is Cc1occc1C(=O)OCC(=O)N[C@H](C)c1ccc(Cl)cc1. The number of benzene rings is 1. The molecule has 2 aromatic rings. The van der Waals surface area contributed by atoms with Crippen molar-refractivity contribution >= 4 is 23.5 Å². The van der Waals surface area contributed by atoms with Crippen molar-refractivity contribution in [3.8, 4) is 0 Å². The topological polar surface area (TPSA) is 68.5 Å². The maximum absolute atomic E-state index is 11.8. The number of nitrogens with one attached hydrogen (secondary N) is 1. The van der Waals surface area contributed by atoms with Crippen LogP contribution in [0.2, 0.25) is 5.02 Å². The van der Waals surface area contributed by atoms with Crippen LogP contribution in [0.5, 0.6) is 0 Å². The summed E-state index contributed by atoms with van der Waals surface area (Å²) in [5.41, 5.74) is 1.23. The second kappa shape index (κ2) is 7.13. The number of aryl methyl sites for hydroxylation is 1. The third kappa shape index (κ3) is 4.11. The van der Waals surface area contributed by atoms with Crippen LogP contribution in [0, 0.1) is 6.92 Å². The molecule has 2 rings (SSSR count). The minimum absolute atomic E-state index is 0.209. The Morgan fingerprint density at radius 3 is 2.55 bits per heavy atom. The summed E-state index contributed by atoms with van der Waals surface area (Å²) >= 11 is 5.82. The van der Waals surface area contributed by atoms with Gasteiger partial charge in [-0.05, 0) is 37.6 Å². The average molecular weight is 322 g/mol. The Balaban J connectivity index is 1.84.